The van der Waals surface area contributed by atoms with E-state index in [0.29, 0.717) is 42.7 Å². The van der Waals surface area contributed by atoms with Crippen molar-refractivity contribution in [1.29, 1.82) is 0 Å². The van der Waals surface area contributed by atoms with Gasteiger partial charge in [0, 0.05) is 25.1 Å². The lowest BCUT2D eigenvalue weighted by molar-refractivity contribution is -0.122. The Kier molecular flexibility index (Phi) is 5.53. The first-order valence-corrected chi connectivity index (χ1v) is 8.49. The summed E-state index contributed by atoms with van der Waals surface area (Å²) in [5, 5.41) is 7.02. The molecule has 3 rings (SSSR count). The lowest BCUT2D eigenvalue weighted by atomic mass is 9.84. The molecule has 2 atom stereocenters. The summed E-state index contributed by atoms with van der Waals surface area (Å²) in [6.45, 7) is 0.627. The van der Waals surface area contributed by atoms with Crippen molar-refractivity contribution in [3.05, 3.63) is 30.3 Å². The molecule has 2 unspecified atom stereocenters. The van der Waals surface area contributed by atoms with Gasteiger partial charge in [0.25, 0.3) is 0 Å². The van der Waals surface area contributed by atoms with Gasteiger partial charge in [0.1, 0.15) is 5.69 Å². The summed E-state index contributed by atoms with van der Waals surface area (Å²) in [4.78, 5) is 20.6. The van der Waals surface area contributed by atoms with Crippen molar-refractivity contribution in [2.45, 2.75) is 44.6 Å². The van der Waals surface area contributed by atoms with Crippen LogP contribution < -0.4 is 11.1 Å². The average Bonchev–Trinajstić information content (AvgIpc) is 3.10. The Labute approximate surface area is 141 Å². The fraction of sp³-hybridized carbons (Fsp3) is 0.529. The second-order valence-corrected chi connectivity index (χ2v) is 6.18. The number of amides is 1. The van der Waals surface area contributed by atoms with Gasteiger partial charge in [0.15, 0.2) is 0 Å². The normalized spacial score (nSPS) is 20.7. The standard InChI is InChI=1S/C17H23N5O2/c18-11-12-5-1-2-6-13(12)20-15(23)8-9-16-21-17(22-24-16)14-7-3-4-10-19-14/h3-4,7,10,12-13H,1-2,5-6,8-9,11,18H2,(H,20,23). The zero-order valence-corrected chi connectivity index (χ0v) is 13.6. The number of nitrogens with zero attached hydrogens (tertiary/aromatic N) is 3. The molecule has 1 fully saturated rings. The molecule has 7 nitrogen and oxygen atoms in total. The van der Waals surface area contributed by atoms with Gasteiger partial charge in [-0.3, -0.25) is 9.78 Å². The summed E-state index contributed by atoms with van der Waals surface area (Å²) < 4.78 is 5.20. The van der Waals surface area contributed by atoms with Crippen molar-refractivity contribution in [3.63, 3.8) is 0 Å². The first-order valence-electron chi connectivity index (χ1n) is 8.49. The molecule has 1 aliphatic carbocycles. The minimum Gasteiger partial charge on any atom is -0.353 e. The molecule has 0 bridgehead atoms. The number of nitrogens with two attached hydrogens (primary N) is 1. The zero-order valence-electron chi connectivity index (χ0n) is 13.6. The minimum atomic E-state index is 0.0120. The zero-order chi connectivity index (χ0) is 16.8. The summed E-state index contributed by atoms with van der Waals surface area (Å²) in [5.41, 5.74) is 6.46. The third kappa shape index (κ3) is 4.17. The molecule has 24 heavy (non-hydrogen) atoms. The van der Waals surface area contributed by atoms with E-state index in [9.17, 15) is 4.79 Å². The quantitative estimate of drug-likeness (QED) is 0.835. The number of rotatable bonds is 6. The van der Waals surface area contributed by atoms with E-state index in [4.69, 9.17) is 10.3 Å². The van der Waals surface area contributed by atoms with Gasteiger partial charge in [-0.25, -0.2) is 0 Å². The maximum absolute atomic E-state index is 12.2. The second-order valence-electron chi connectivity index (χ2n) is 6.18. The fourth-order valence-electron chi connectivity index (χ4n) is 3.13. The van der Waals surface area contributed by atoms with E-state index < -0.39 is 0 Å². The Balaban J connectivity index is 1.50. The molecule has 3 N–H and O–H groups in total. The van der Waals surface area contributed by atoms with Crippen molar-refractivity contribution in [2.75, 3.05) is 6.54 Å². The molecular formula is C17H23N5O2. The van der Waals surface area contributed by atoms with E-state index in [1.165, 1.54) is 6.42 Å². The number of carbonyl (C=O) groups is 1. The lowest BCUT2D eigenvalue weighted by Crippen LogP contribution is -2.44. The molecule has 1 amide bonds. The molecule has 0 aromatic carbocycles. The summed E-state index contributed by atoms with van der Waals surface area (Å²) >= 11 is 0. The molecule has 1 saturated carbocycles. The average molecular weight is 329 g/mol. The van der Waals surface area contributed by atoms with Crippen LogP contribution in [0.4, 0.5) is 0 Å². The number of aryl methyl sites for hydroxylation is 1. The number of hydrogen-bond donors (Lipinski definition) is 2. The van der Waals surface area contributed by atoms with Gasteiger partial charge in [-0.2, -0.15) is 4.98 Å². The molecule has 0 spiro atoms. The van der Waals surface area contributed by atoms with E-state index in [1.807, 2.05) is 18.2 Å². The SMILES string of the molecule is NCC1CCCCC1NC(=O)CCc1nc(-c2ccccn2)no1. The summed E-state index contributed by atoms with van der Waals surface area (Å²) in [5.74, 6) is 1.30. The van der Waals surface area contributed by atoms with Gasteiger partial charge < -0.3 is 15.6 Å². The molecular weight excluding hydrogens is 306 g/mol. The van der Waals surface area contributed by atoms with Gasteiger partial charge >= 0.3 is 0 Å². The summed E-state index contributed by atoms with van der Waals surface area (Å²) in [6, 6.07) is 5.71. The molecule has 128 valence electrons. The smallest absolute Gasteiger partial charge is 0.227 e. The molecule has 1 aliphatic rings. The Morgan fingerprint density at radius 2 is 2.21 bits per heavy atom. The van der Waals surface area contributed by atoms with Gasteiger partial charge in [-0.1, -0.05) is 24.1 Å². The van der Waals surface area contributed by atoms with Crippen LogP contribution in [0, 0.1) is 5.92 Å². The van der Waals surface area contributed by atoms with Crippen LogP contribution in [0.5, 0.6) is 0 Å². The predicted octanol–water partition coefficient (Wildman–Crippen LogP) is 1.70. The molecule has 0 saturated heterocycles. The minimum absolute atomic E-state index is 0.0120. The predicted molar refractivity (Wildman–Crippen MR) is 88.8 cm³/mol. The molecule has 2 aromatic heterocycles. The first kappa shape index (κ1) is 16.6. The Morgan fingerprint density at radius 1 is 1.33 bits per heavy atom. The number of hydrogen-bond acceptors (Lipinski definition) is 6. The summed E-state index contributed by atoms with van der Waals surface area (Å²) in [7, 11) is 0. The lowest BCUT2D eigenvalue weighted by Gasteiger charge is -2.31. The molecule has 2 heterocycles. The van der Waals surface area contributed by atoms with E-state index in [2.05, 4.69) is 20.4 Å². The Morgan fingerprint density at radius 3 is 3.00 bits per heavy atom. The van der Waals surface area contributed by atoms with Crippen molar-refractivity contribution in [2.24, 2.45) is 11.7 Å². The number of aromatic nitrogens is 3. The number of carbonyl (C=O) groups excluding carboxylic acids is 1. The van der Waals surface area contributed by atoms with Crippen LogP contribution in [-0.4, -0.2) is 33.6 Å². The number of nitrogens with one attached hydrogen (secondary N) is 1. The summed E-state index contributed by atoms with van der Waals surface area (Å²) in [6.07, 6.45) is 6.89. The van der Waals surface area contributed by atoms with E-state index in [1.54, 1.807) is 6.20 Å². The first-order chi connectivity index (χ1) is 11.8. The van der Waals surface area contributed by atoms with Crippen LogP contribution in [0.2, 0.25) is 0 Å². The highest BCUT2D eigenvalue weighted by Gasteiger charge is 2.25. The topological polar surface area (TPSA) is 107 Å². The van der Waals surface area contributed by atoms with Crippen molar-refractivity contribution >= 4 is 5.91 Å². The number of pyridine rings is 1. The van der Waals surface area contributed by atoms with E-state index in [-0.39, 0.29) is 11.9 Å². The van der Waals surface area contributed by atoms with E-state index >= 15 is 0 Å². The van der Waals surface area contributed by atoms with Crippen molar-refractivity contribution < 1.29 is 9.32 Å². The highest BCUT2D eigenvalue weighted by atomic mass is 16.5. The van der Waals surface area contributed by atoms with Crippen LogP contribution in [0.1, 0.15) is 38.0 Å². The Bertz CT molecular complexity index is 658. The van der Waals surface area contributed by atoms with Crippen LogP contribution >= 0.6 is 0 Å². The maximum atomic E-state index is 12.2. The largest absolute Gasteiger partial charge is 0.353 e. The van der Waals surface area contributed by atoms with Gasteiger partial charge in [0.05, 0.1) is 0 Å². The van der Waals surface area contributed by atoms with Crippen LogP contribution in [0.3, 0.4) is 0 Å². The van der Waals surface area contributed by atoms with Crippen molar-refractivity contribution in [1.82, 2.24) is 20.4 Å². The van der Waals surface area contributed by atoms with Gasteiger partial charge in [-0.05, 0) is 37.4 Å². The third-order valence-electron chi connectivity index (χ3n) is 4.49. The highest BCUT2D eigenvalue weighted by molar-refractivity contribution is 5.76. The molecule has 7 heteroatoms. The van der Waals surface area contributed by atoms with Crippen LogP contribution in [0.15, 0.2) is 28.9 Å². The second kappa shape index (κ2) is 8.01. The molecule has 0 radical (unpaired) electrons. The molecule has 2 aromatic rings. The van der Waals surface area contributed by atoms with Gasteiger partial charge in [-0.15, -0.1) is 0 Å². The Hall–Kier alpha value is -2.28. The van der Waals surface area contributed by atoms with Crippen LogP contribution in [0.25, 0.3) is 11.5 Å². The third-order valence-corrected chi connectivity index (χ3v) is 4.49. The monoisotopic (exact) mass is 329 g/mol. The van der Waals surface area contributed by atoms with Gasteiger partial charge in [0.2, 0.25) is 17.6 Å². The highest BCUT2D eigenvalue weighted by Crippen LogP contribution is 2.23. The van der Waals surface area contributed by atoms with E-state index in [0.717, 1.165) is 19.3 Å². The fourth-order valence-corrected chi connectivity index (χ4v) is 3.13. The van der Waals surface area contributed by atoms with Crippen molar-refractivity contribution in [3.8, 4) is 11.5 Å². The van der Waals surface area contributed by atoms with Crippen LogP contribution in [-0.2, 0) is 11.2 Å². The maximum Gasteiger partial charge on any atom is 0.227 e. The molecule has 0 aliphatic heterocycles.